The van der Waals surface area contributed by atoms with Crippen LogP contribution in [-0.4, -0.2) is 13.2 Å². The van der Waals surface area contributed by atoms with E-state index in [-0.39, 0.29) is 5.82 Å². The molecular formula is C15H22FNO. The standard InChI is InChI=1S/C15H22FNO/c1-10-4-6-13(11(2)8-10)17-14-7-5-12(16)9-15(14)18-3/h5,7,9-11,13,17H,4,6,8H2,1-3H3. The van der Waals surface area contributed by atoms with Gasteiger partial charge in [0.25, 0.3) is 0 Å². The molecule has 1 saturated carbocycles. The summed E-state index contributed by atoms with van der Waals surface area (Å²) >= 11 is 0. The minimum atomic E-state index is -0.261. The van der Waals surface area contributed by atoms with Crippen molar-refractivity contribution in [3.8, 4) is 5.75 Å². The van der Waals surface area contributed by atoms with E-state index in [9.17, 15) is 4.39 Å². The molecule has 1 aliphatic carbocycles. The molecule has 1 fully saturated rings. The molecule has 0 spiro atoms. The van der Waals surface area contributed by atoms with Gasteiger partial charge >= 0.3 is 0 Å². The van der Waals surface area contributed by atoms with Crippen LogP contribution in [0.25, 0.3) is 0 Å². The van der Waals surface area contributed by atoms with E-state index < -0.39 is 0 Å². The lowest BCUT2D eigenvalue weighted by molar-refractivity contribution is 0.276. The second-order valence-corrected chi connectivity index (χ2v) is 5.49. The van der Waals surface area contributed by atoms with E-state index in [0.29, 0.717) is 17.7 Å². The van der Waals surface area contributed by atoms with Crippen LogP contribution in [0.5, 0.6) is 5.75 Å². The molecule has 0 bridgehead atoms. The molecule has 2 nitrogen and oxygen atoms in total. The first-order valence-electron chi connectivity index (χ1n) is 6.70. The van der Waals surface area contributed by atoms with Gasteiger partial charge in [0.2, 0.25) is 0 Å². The molecule has 0 saturated heterocycles. The first kappa shape index (κ1) is 13.2. The van der Waals surface area contributed by atoms with Gasteiger partial charge in [-0.1, -0.05) is 13.8 Å². The topological polar surface area (TPSA) is 21.3 Å². The second kappa shape index (κ2) is 5.59. The molecule has 1 aliphatic rings. The Morgan fingerprint density at radius 1 is 1.28 bits per heavy atom. The normalized spacial score (nSPS) is 27.9. The molecule has 0 amide bonds. The summed E-state index contributed by atoms with van der Waals surface area (Å²) in [5.74, 6) is 1.78. The quantitative estimate of drug-likeness (QED) is 0.874. The van der Waals surface area contributed by atoms with Crippen molar-refractivity contribution < 1.29 is 9.13 Å². The number of hydrogen-bond acceptors (Lipinski definition) is 2. The third-order valence-electron chi connectivity index (χ3n) is 3.94. The van der Waals surface area contributed by atoms with Crippen molar-refractivity contribution in [1.82, 2.24) is 0 Å². The summed E-state index contributed by atoms with van der Waals surface area (Å²) < 4.78 is 18.4. The minimum Gasteiger partial charge on any atom is -0.494 e. The lowest BCUT2D eigenvalue weighted by Gasteiger charge is -2.34. The summed E-state index contributed by atoms with van der Waals surface area (Å²) in [5.41, 5.74) is 0.894. The lowest BCUT2D eigenvalue weighted by atomic mass is 9.80. The van der Waals surface area contributed by atoms with E-state index in [0.717, 1.165) is 11.6 Å². The average Bonchev–Trinajstić information content (AvgIpc) is 2.34. The van der Waals surface area contributed by atoms with Crippen LogP contribution in [0.4, 0.5) is 10.1 Å². The molecular weight excluding hydrogens is 229 g/mol. The van der Waals surface area contributed by atoms with Crippen molar-refractivity contribution in [2.75, 3.05) is 12.4 Å². The van der Waals surface area contributed by atoms with Crippen molar-refractivity contribution in [2.24, 2.45) is 11.8 Å². The molecule has 1 N–H and O–H groups in total. The third-order valence-corrected chi connectivity index (χ3v) is 3.94. The van der Waals surface area contributed by atoms with E-state index in [1.807, 2.05) is 0 Å². The molecule has 0 radical (unpaired) electrons. The van der Waals surface area contributed by atoms with Crippen molar-refractivity contribution in [3.63, 3.8) is 0 Å². The van der Waals surface area contributed by atoms with Gasteiger partial charge in [0.1, 0.15) is 11.6 Å². The molecule has 0 heterocycles. The van der Waals surface area contributed by atoms with Crippen LogP contribution in [0.2, 0.25) is 0 Å². The van der Waals surface area contributed by atoms with Crippen LogP contribution in [0.1, 0.15) is 33.1 Å². The molecule has 3 unspecified atom stereocenters. The molecule has 2 rings (SSSR count). The smallest absolute Gasteiger partial charge is 0.144 e. The number of hydrogen-bond donors (Lipinski definition) is 1. The number of ether oxygens (including phenoxy) is 1. The third kappa shape index (κ3) is 2.95. The highest BCUT2D eigenvalue weighted by Gasteiger charge is 2.25. The van der Waals surface area contributed by atoms with Crippen LogP contribution < -0.4 is 10.1 Å². The highest BCUT2D eigenvalue weighted by atomic mass is 19.1. The Labute approximate surface area is 109 Å². The second-order valence-electron chi connectivity index (χ2n) is 5.49. The summed E-state index contributed by atoms with van der Waals surface area (Å²) in [6, 6.07) is 5.12. The van der Waals surface area contributed by atoms with Gasteiger partial charge in [-0.2, -0.15) is 0 Å². The van der Waals surface area contributed by atoms with Crippen molar-refractivity contribution in [1.29, 1.82) is 0 Å². The molecule has 0 aliphatic heterocycles. The van der Waals surface area contributed by atoms with Gasteiger partial charge in [-0.15, -0.1) is 0 Å². The van der Waals surface area contributed by atoms with Gasteiger partial charge in [0, 0.05) is 12.1 Å². The van der Waals surface area contributed by atoms with Crippen LogP contribution in [-0.2, 0) is 0 Å². The Bertz CT molecular complexity index is 407. The zero-order chi connectivity index (χ0) is 13.1. The summed E-state index contributed by atoms with van der Waals surface area (Å²) in [5, 5.41) is 3.51. The maximum Gasteiger partial charge on any atom is 0.144 e. The highest BCUT2D eigenvalue weighted by molar-refractivity contribution is 5.57. The molecule has 1 aromatic carbocycles. The molecule has 1 aromatic rings. The number of halogens is 1. The summed E-state index contributed by atoms with van der Waals surface area (Å²) in [6.07, 6.45) is 3.68. The van der Waals surface area contributed by atoms with Gasteiger partial charge < -0.3 is 10.1 Å². The predicted octanol–water partition coefficient (Wildman–Crippen LogP) is 4.07. The molecule has 0 aromatic heterocycles. The maximum atomic E-state index is 13.1. The largest absolute Gasteiger partial charge is 0.494 e. The van der Waals surface area contributed by atoms with E-state index in [1.165, 1.54) is 31.4 Å². The number of methoxy groups -OCH3 is 1. The highest BCUT2D eigenvalue weighted by Crippen LogP contribution is 2.33. The van der Waals surface area contributed by atoms with Gasteiger partial charge in [0.05, 0.1) is 12.8 Å². The summed E-state index contributed by atoms with van der Waals surface area (Å²) in [7, 11) is 1.58. The fourth-order valence-corrected chi connectivity index (χ4v) is 2.86. The molecule has 100 valence electrons. The first-order valence-corrected chi connectivity index (χ1v) is 6.70. The Morgan fingerprint density at radius 2 is 2.06 bits per heavy atom. The molecule has 18 heavy (non-hydrogen) atoms. The number of nitrogens with one attached hydrogen (secondary N) is 1. The van der Waals surface area contributed by atoms with E-state index in [1.54, 1.807) is 13.2 Å². The lowest BCUT2D eigenvalue weighted by Crippen LogP contribution is -2.33. The van der Waals surface area contributed by atoms with Crippen LogP contribution >= 0.6 is 0 Å². The van der Waals surface area contributed by atoms with Gasteiger partial charge in [0.15, 0.2) is 0 Å². The summed E-state index contributed by atoms with van der Waals surface area (Å²) in [4.78, 5) is 0. The molecule has 3 heteroatoms. The Hall–Kier alpha value is -1.25. The maximum absolute atomic E-state index is 13.1. The summed E-state index contributed by atoms with van der Waals surface area (Å²) in [6.45, 7) is 4.59. The first-order chi connectivity index (χ1) is 8.60. The SMILES string of the molecule is COc1cc(F)ccc1NC1CCC(C)CC1C. The van der Waals surface area contributed by atoms with Gasteiger partial charge in [-0.25, -0.2) is 4.39 Å². The minimum absolute atomic E-state index is 0.261. The monoisotopic (exact) mass is 251 g/mol. The van der Waals surface area contributed by atoms with Crippen LogP contribution in [0, 0.1) is 17.7 Å². The number of benzene rings is 1. The fourth-order valence-electron chi connectivity index (χ4n) is 2.86. The number of anilines is 1. The zero-order valence-electron chi connectivity index (χ0n) is 11.4. The Kier molecular flexibility index (Phi) is 4.10. The van der Waals surface area contributed by atoms with E-state index >= 15 is 0 Å². The van der Waals surface area contributed by atoms with Gasteiger partial charge in [-0.3, -0.25) is 0 Å². The Morgan fingerprint density at radius 3 is 2.72 bits per heavy atom. The van der Waals surface area contributed by atoms with E-state index in [4.69, 9.17) is 4.74 Å². The Balaban J connectivity index is 2.09. The van der Waals surface area contributed by atoms with Gasteiger partial charge in [-0.05, 0) is 43.2 Å². The predicted molar refractivity (Wildman–Crippen MR) is 72.5 cm³/mol. The number of rotatable bonds is 3. The van der Waals surface area contributed by atoms with Crippen LogP contribution in [0.15, 0.2) is 18.2 Å². The fraction of sp³-hybridized carbons (Fsp3) is 0.600. The van der Waals surface area contributed by atoms with Crippen molar-refractivity contribution in [2.45, 2.75) is 39.2 Å². The van der Waals surface area contributed by atoms with Crippen molar-refractivity contribution in [3.05, 3.63) is 24.0 Å². The zero-order valence-corrected chi connectivity index (χ0v) is 11.4. The van der Waals surface area contributed by atoms with Crippen LogP contribution in [0.3, 0.4) is 0 Å². The van der Waals surface area contributed by atoms with E-state index in [2.05, 4.69) is 19.2 Å². The average molecular weight is 251 g/mol. The molecule has 3 atom stereocenters. The van der Waals surface area contributed by atoms with Crippen molar-refractivity contribution >= 4 is 5.69 Å².